The minimum Gasteiger partial charge on any atom is -0.486 e. The number of carbonyl (C=O) groups excluding carboxylic acids is 2. The number of hydrogen-bond acceptors (Lipinski definition) is 4. The fourth-order valence-corrected chi connectivity index (χ4v) is 3.29. The lowest BCUT2D eigenvalue weighted by Crippen LogP contribution is -2.48. The van der Waals surface area contributed by atoms with E-state index in [1.165, 1.54) is 4.90 Å². The second-order valence-electron chi connectivity index (χ2n) is 6.65. The summed E-state index contributed by atoms with van der Waals surface area (Å²) in [5, 5.41) is 3.33. The molecule has 7 heteroatoms. The van der Waals surface area contributed by atoms with E-state index in [0.29, 0.717) is 22.0 Å². The van der Waals surface area contributed by atoms with Gasteiger partial charge in [-0.15, -0.1) is 0 Å². The van der Waals surface area contributed by atoms with Gasteiger partial charge >= 0.3 is 12.0 Å². The number of amides is 2. The van der Waals surface area contributed by atoms with Gasteiger partial charge in [-0.3, -0.25) is 4.90 Å². The molecule has 0 aromatic heterocycles. The van der Waals surface area contributed by atoms with Gasteiger partial charge in [-0.1, -0.05) is 53.6 Å². The van der Waals surface area contributed by atoms with Crippen LogP contribution in [-0.2, 0) is 9.53 Å². The summed E-state index contributed by atoms with van der Waals surface area (Å²) in [5.74, 6) is -0.0289. The van der Waals surface area contributed by atoms with Crippen LogP contribution in [0.3, 0.4) is 0 Å². The number of rotatable bonds is 6. The predicted octanol–water partition coefficient (Wildman–Crippen LogP) is 4.24. The van der Waals surface area contributed by atoms with Crippen molar-refractivity contribution >= 4 is 23.6 Å². The maximum Gasteiger partial charge on any atom is 0.338 e. The Balaban J connectivity index is 2.04. The highest BCUT2D eigenvalue weighted by Gasteiger charge is 2.37. The Morgan fingerprint density at radius 1 is 1.17 bits per heavy atom. The van der Waals surface area contributed by atoms with Gasteiger partial charge in [-0.25, -0.2) is 9.59 Å². The third-order valence-corrected chi connectivity index (χ3v) is 5.00. The largest absolute Gasteiger partial charge is 0.486 e. The molecule has 6 nitrogen and oxygen atoms in total. The fourth-order valence-electron chi connectivity index (χ4n) is 3.10. The van der Waals surface area contributed by atoms with Crippen molar-refractivity contribution in [1.82, 2.24) is 10.2 Å². The normalized spacial score (nSPS) is 16.5. The van der Waals surface area contributed by atoms with Crippen LogP contribution in [0.15, 0.2) is 59.8 Å². The summed E-state index contributed by atoms with van der Waals surface area (Å²) < 4.78 is 11.1. The summed E-state index contributed by atoms with van der Waals surface area (Å²) in [6.45, 7) is 3.93. The van der Waals surface area contributed by atoms with Crippen molar-refractivity contribution < 1.29 is 19.1 Å². The average molecular weight is 415 g/mol. The number of hydrogen-bond donors (Lipinski definition) is 1. The second kappa shape index (κ2) is 9.01. The Morgan fingerprint density at radius 2 is 1.86 bits per heavy atom. The number of benzene rings is 2. The molecule has 2 amide bonds. The molecule has 1 N–H and O–H groups in total. The molecule has 0 fully saturated rings. The van der Waals surface area contributed by atoms with E-state index in [1.54, 1.807) is 38.2 Å². The van der Waals surface area contributed by atoms with Crippen LogP contribution in [0.25, 0.3) is 0 Å². The van der Waals surface area contributed by atoms with Crippen molar-refractivity contribution in [2.75, 3.05) is 20.3 Å². The summed E-state index contributed by atoms with van der Waals surface area (Å²) >= 11 is 6.17. The fraction of sp³-hybridized carbons (Fsp3) is 0.273. The van der Waals surface area contributed by atoms with Crippen molar-refractivity contribution in [2.24, 2.45) is 0 Å². The van der Waals surface area contributed by atoms with Crippen LogP contribution < -0.4 is 10.1 Å². The molecule has 0 unspecified atom stereocenters. The summed E-state index contributed by atoms with van der Waals surface area (Å²) in [6.07, 6.45) is 0. The summed E-state index contributed by atoms with van der Waals surface area (Å²) in [6, 6.07) is 13.7. The topological polar surface area (TPSA) is 67.9 Å². The summed E-state index contributed by atoms with van der Waals surface area (Å²) in [4.78, 5) is 26.8. The van der Waals surface area contributed by atoms with Crippen molar-refractivity contribution in [1.29, 1.82) is 0 Å². The highest BCUT2D eigenvalue weighted by atomic mass is 35.5. The highest BCUT2D eigenvalue weighted by Crippen LogP contribution is 2.32. The molecule has 152 valence electrons. The number of para-hydroxylation sites is 1. The quantitative estimate of drug-likeness (QED) is 0.718. The van der Waals surface area contributed by atoms with Crippen LogP contribution in [-0.4, -0.2) is 37.2 Å². The summed E-state index contributed by atoms with van der Waals surface area (Å²) in [7, 11) is 1.59. The molecule has 29 heavy (non-hydrogen) atoms. The van der Waals surface area contributed by atoms with Gasteiger partial charge in [0.05, 0.1) is 28.9 Å². The summed E-state index contributed by atoms with van der Waals surface area (Å²) in [5.41, 5.74) is 2.63. The number of carbonyl (C=O) groups is 2. The van der Waals surface area contributed by atoms with Crippen LogP contribution in [0.1, 0.15) is 24.1 Å². The monoisotopic (exact) mass is 414 g/mol. The number of aryl methyl sites for hydroxylation is 1. The van der Waals surface area contributed by atoms with Crippen LogP contribution in [0, 0.1) is 6.92 Å². The number of likely N-dealkylation sites (N-methyl/N-ethyl adjacent to an activating group) is 1. The first-order valence-corrected chi connectivity index (χ1v) is 9.68. The van der Waals surface area contributed by atoms with Crippen molar-refractivity contribution in [2.45, 2.75) is 19.9 Å². The molecule has 0 aliphatic carbocycles. The van der Waals surface area contributed by atoms with Crippen LogP contribution in [0.4, 0.5) is 4.79 Å². The molecule has 0 saturated carbocycles. The molecule has 0 bridgehead atoms. The number of nitrogens with one attached hydrogen (secondary N) is 1. The standard InChI is InChI=1S/C22H23ClN2O4/c1-4-28-21(26)19-17(13-29-18-8-6-5-7-16(18)23)25(3)22(27)24-20(19)15-11-9-14(2)10-12-15/h5-12,20H,4,13H2,1-3H3,(H,24,27)/t20-/m1/s1. The van der Waals surface area contributed by atoms with Crippen molar-refractivity contribution in [3.63, 3.8) is 0 Å². The first-order valence-electron chi connectivity index (χ1n) is 9.30. The zero-order chi connectivity index (χ0) is 21.0. The SMILES string of the molecule is CCOC(=O)C1=C(COc2ccccc2Cl)N(C)C(=O)N[C@@H]1c1ccc(C)cc1. The molecular weight excluding hydrogens is 392 g/mol. The smallest absolute Gasteiger partial charge is 0.338 e. The van der Waals surface area contributed by atoms with Crippen molar-refractivity contribution in [3.8, 4) is 5.75 Å². The van der Waals surface area contributed by atoms with E-state index in [9.17, 15) is 9.59 Å². The maximum atomic E-state index is 12.9. The van der Waals surface area contributed by atoms with Gasteiger partial charge in [-0.05, 0) is 31.5 Å². The lowest BCUT2D eigenvalue weighted by atomic mass is 9.94. The van der Waals surface area contributed by atoms with Gasteiger partial charge in [0.2, 0.25) is 0 Å². The third-order valence-electron chi connectivity index (χ3n) is 4.68. The van der Waals surface area contributed by atoms with Gasteiger partial charge in [-0.2, -0.15) is 0 Å². The second-order valence-corrected chi connectivity index (χ2v) is 7.06. The van der Waals surface area contributed by atoms with E-state index in [-0.39, 0.29) is 19.2 Å². The highest BCUT2D eigenvalue weighted by molar-refractivity contribution is 6.32. The average Bonchev–Trinajstić information content (AvgIpc) is 2.70. The van der Waals surface area contributed by atoms with Crippen LogP contribution >= 0.6 is 11.6 Å². The molecule has 0 radical (unpaired) electrons. The Morgan fingerprint density at radius 3 is 2.52 bits per heavy atom. The maximum absolute atomic E-state index is 12.9. The molecule has 0 saturated heterocycles. The van der Waals surface area contributed by atoms with Crippen molar-refractivity contribution in [3.05, 3.63) is 76.0 Å². The minimum absolute atomic E-state index is 0.00976. The van der Waals surface area contributed by atoms with Crippen LogP contribution in [0.5, 0.6) is 5.75 Å². The number of nitrogens with zero attached hydrogens (tertiary/aromatic N) is 1. The Bertz CT molecular complexity index is 940. The molecule has 2 aromatic carbocycles. The lowest BCUT2D eigenvalue weighted by molar-refractivity contribution is -0.139. The zero-order valence-electron chi connectivity index (χ0n) is 16.6. The predicted molar refractivity (Wildman–Crippen MR) is 111 cm³/mol. The molecule has 0 spiro atoms. The van der Waals surface area contributed by atoms with E-state index in [1.807, 2.05) is 31.2 Å². The number of halogens is 1. The third kappa shape index (κ3) is 4.54. The Labute approximate surface area is 175 Å². The number of ether oxygens (including phenoxy) is 2. The molecule has 3 rings (SSSR count). The Kier molecular flexibility index (Phi) is 6.44. The molecular formula is C22H23ClN2O4. The molecule has 1 heterocycles. The molecule has 1 atom stereocenters. The van der Waals surface area contributed by atoms with E-state index < -0.39 is 12.0 Å². The molecule has 2 aromatic rings. The van der Waals surface area contributed by atoms with Gasteiger partial charge < -0.3 is 14.8 Å². The first kappa shape index (κ1) is 20.7. The van der Waals surface area contributed by atoms with E-state index in [2.05, 4.69) is 5.32 Å². The molecule has 1 aliphatic heterocycles. The molecule has 1 aliphatic rings. The van der Waals surface area contributed by atoms with Gasteiger partial charge in [0.1, 0.15) is 12.4 Å². The lowest BCUT2D eigenvalue weighted by Gasteiger charge is -2.34. The van der Waals surface area contributed by atoms with Gasteiger partial charge in [0.25, 0.3) is 0 Å². The van der Waals surface area contributed by atoms with Crippen LogP contribution in [0.2, 0.25) is 5.02 Å². The zero-order valence-corrected chi connectivity index (χ0v) is 17.3. The Hall–Kier alpha value is -2.99. The number of esters is 1. The van der Waals surface area contributed by atoms with E-state index >= 15 is 0 Å². The van der Waals surface area contributed by atoms with E-state index in [4.69, 9.17) is 21.1 Å². The van der Waals surface area contributed by atoms with Gasteiger partial charge in [0.15, 0.2) is 0 Å². The number of urea groups is 1. The minimum atomic E-state index is -0.636. The van der Waals surface area contributed by atoms with Gasteiger partial charge in [0, 0.05) is 7.05 Å². The first-order chi connectivity index (χ1) is 13.9. The van der Waals surface area contributed by atoms with E-state index in [0.717, 1.165) is 11.1 Å².